The van der Waals surface area contributed by atoms with Crippen molar-refractivity contribution in [2.75, 3.05) is 6.61 Å². The lowest BCUT2D eigenvalue weighted by Crippen LogP contribution is -2.33. The van der Waals surface area contributed by atoms with Gasteiger partial charge in [0.1, 0.15) is 6.61 Å². The molecule has 0 radical (unpaired) electrons. The van der Waals surface area contributed by atoms with Crippen molar-refractivity contribution in [3.05, 3.63) is 12.8 Å². The minimum Gasteiger partial charge on any atom is -0.471 e. The Morgan fingerprint density at radius 3 is 2.57 bits per heavy atom. The topological polar surface area (TPSA) is 44.8 Å². The summed E-state index contributed by atoms with van der Waals surface area (Å²) in [6, 6.07) is 0. The van der Waals surface area contributed by atoms with E-state index >= 15 is 0 Å². The van der Waals surface area contributed by atoms with E-state index in [1.54, 1.807) is 20.8 Å². The molecule has 0 bridgehead atoms. The molecule has 0 heterocycles. The third-order valence-corrected chi connectivity index (χ3v) is 1.37. The maximum absolute atomic E-state index is 10.5. The number of ether oxygens (including phenoxy) is 3. The van der Waals surface area contributed by atoms with Crippen molar-refractivity contribution >= 4 is 5.97 Å². The molecular weight excluding hydrogens is 184 g/mol. The molecule has 0 saturated carbocycles. The number of rotatable bonds is 6. The Morgan fingerprint density at radius 1 is 1.57 bits per heavy atom. The van der Waals surface area contributed by atoms with Crippen LogP contribution in [0.1, 0.15) is 27.7 Å². The highest BCUT2D eigenvalue weighted by Crippen LogP contribution is 2.14. The minimum atomic E-state index is -0.749. The number of carbonyl (C=O) groups excluding carboxylic acids is 1. The fourth-order valence-electron chi connectivity index (χ4n) is 0.982. The van der Waals surface area contributed by atoms with E-state index in [0.29, 0.717) is 0 Å². The summed E-state index contributed by atoms with van der Waals surface area (Å²) in [5.74, 6) is -1.07. The molecule has 1 atom stereocenters. The lowest BCUT2D eigenvalue weighted by atomic mass is 10.3. The van der Waals surface area contributed by atoms with Crippen molar-refractivity contribution in [3.63, 3.8) is 0 Å². The first kappa shape index (κ1) is 13.0. The number of esters is 1. The second kappa shape index (κ2) is 5.65. The zero-order valence-electron chi connectivity index (χ0n) is 9.20. The van der Waals surface area contributed by atoms with Crippen LogP contribution < -0.4 is 0 Å². The van der Waals surface area contributed by atoms with Crippen molar-refractivity contribution in [1.82, 2.24) is 0 Å². The molecule has 0 aliphatic rings. The Hall–Kier alpha value is -1.03. The highest BCUT2D eigenvalue weighted by atomic mass is 16.7. The zero-order chi connectivity index (χ0) is 11.2. The van der Waals surface area contributed by atoms with Gasteiger partial charge in [0.15, 0.2) is 0 Å². The van der Waals surface area contributed by atoms with E-state index in [1.165, 1.54) is 13.2 Å². The average molecular weight is 202 g/mol. The summed E-state index contributed by atoms with van der Waals surface area (Å²) in [6.45, 7) is 10.3. The fourth-order valence-corrected chi connectivity index (χ4v) is 0.982. The molecule has 0 amide bonds. The SMILES string of the molecule is C=COC(C)(C)OC(C)COC(C)=O. The van der Waals surface area contributed by atoms with Gasteiger partial charge in [0.2, 0.25) is 5.79 Å². The van der Waals surface area contributed by atoms with Gasteiger partial charge in [-0.25, -0.2) is 0 Å². The smallest absolute Gasteiger partial charge is 0.302 e. The summed E-state index contributed by atoms with van der Waals surface area (Å²) in [5.41, 5.74) is 0. The van der Waals surface area contributed by atoms with Gasteiger partial charge in [0.25, 0.3) is 0 Å². The van der Waals surface area contributed by atoms with Crippen molar-refractivity contribution in [1.29, 1.82) is 0 Å². The van der Waals surface area contributed by atoms with Crippen LogP contribution in [0.5, 0.6) is 0 Å². The highest BCUT2D eigenvalue weighted by molar-refractivity contribution is 5.65. The maximum Gasteiger partial charge on any atom is 0.302 e. The molecule has 0 rings (SSSR count). The maximum atomic E-state index is 10.5. The fraction of sp³-hybridized carbons (Fsp3) is 0.700. The van der Waals surface area contributed by atoms with Gasteiger partial charge in [-0.15, -0.1) is 0 Å². The number of hydrogen-bond donors (Lipinski definition) is 0. The molecule has 14 heavy (non-hydrogen) atoms. The molecule has 0 N–H and O–H groups in total. The quantitative estimate of drug-likeness (QED) is 0.374. The van der Waals surface area contributed by atoms with Crippen LogP contribution in [0, 0.1) is 0 Å². The molecule has 0 aliphatic heterocycles. The molecule has 0 aromatic carbocycles. The standard InChI is InChI=1S/C10H18O4/c1-6-13-10(4,5)14-8(2)7-12-9(3)11/h6,8H,1,7H2,2-5H3. The van der Waals surface area contributed by atoms with Gasteiger partial charge in [-0.3, -0.25) is 4.79 Å². The summed E-state index contributed by atoms with van der Waals surface area (Å²) in [7, 11) is 0. The van der Waals surface area contributed by atoms with E-state index in [1.807, 2.05) is 0 Å². The summed E-state index contributed by atoms with van der Waals surface area (Å²) in [4.78, 5) is 10.5. The molecule has 0 aromatic heterocycles. The summed E-state index contributed by atoms with van der Waals surface area (Å²) >= 11 is 0. The van der Waals surface area contributed by atoms with Gasteiger partial charge >= 0.3 is 5.97 Å². The third kappa shape index (κ3) is 6.48. The van der Waals surface area contributed by atoms with Crippen molar-refractivity contribution in [2.24, 2.45) is 0 Å². The monoisotopic (exact) mass is 202 g/mol. The van der Waals surface area contributed by atoms with E-state index in [4.69, 9.17) is 14.2 Å². The summed E-state index contributed by atoms with van der Waals surface area (Å²) in [5, 5.41) is 0. The molecule has 0 aromatic rings. The second-order valence-corrected chi connectivity index (χ2v) is 3.42. The van der Waals surface area contributed by atoms with Crippen LogP contribution in [0.3, 0.4) is 0 Å². The van der Waals surface area contributed by atoms with Gasteiger partial charge < -0.3 is 14.2 Å². The van der Waals surface area contributed by atoms with Crippen LogP contribution in [-0.4, -0.2) is 24.5 Å². The van der Waals surface area contributed by atoms with Gasteiger partial charge in [0, 0.05) is 20.8 Å². The predicted molar refractivity (Wildman–Crippen MR) is 52.5 cm³/mol. The lowest BCUT2D eigenvalue weighted by molar-refractivity contribution is -0.215. The summed E-state index contributed by atoms with van der Waals surface area (Å²) in [6.07, 6.45) is 1.10. The minimum absolute atomic E-state index is 0.214. The Balaban J connectivity index is 3.85. The van der Waals surface area contributed by atoms with Gasteiger partial charge in [-0.2, -0.15) is 0 Å². The average Bonchev–Trinajstić information content (AvgIpc) is 1.99. The first-order chi connectivity index (χ1) is 6.37. The largest absolute Gasteiger partial charge is 0.471 e. The zero-order valence-corrected chi connectivity index (χ0v) is 9.20. The Morgan fingerprint density at radius 2 is 2.14 bits per heavy atom. The number of hydrogen-bond acceptors (Lipinski definition) is 4. The first-order valence-corrected chi connectivity index (χ1v) is 4.47. The van der Waals surface area contributed by atoms with Crippen molar-refractivity contribution < 1.29 is 19.0 Å². The van der Waals surface area contributed by atoms with Crippen LogP contribution in [0.2, 0.25) is 0 Å². The van der Waals surface area contributed by atoms with Crippen LogP contribution in [0.15, 0.2) is 12.8 Å². The van der Waals surface area contributed by atoms with E-state index in [-0.39, 0.29) is 18.7 Å². The van der Waals surface area contributed by atoms with E-state index in [2.05, 4.69) is 6.58 Å². The molecule has 1 unspecified atom stereocenters. The summed E-state index contributed by atoms with van der Waals surface area (Å²) < 4.78 is 15.3. The van der Waals surface area contributed by atoms with E-state index in [0.717, 1.165) is 0 Å². The van der Waals surface area contributed by atoms with Crippen LogP contribution >= 0.6 is 0 Å². The Bertz CT molecular complexity index is 198. The Kier molecular flexibility index (Phi) is 5.23. The molecule has 82 valence electrons. The van der Waals surface area contributed by atoms with Crippen LogP contribution in [0.25, 0.3) is 0 Å². The Labute approximate surface area is 84.8 Å². The highest BCUT2D eigenvalue weighted by Gasteiger charge is 2.22. The van der Waals surface area contributed by atoms with E-state index < -0.39 is 5.79 Å². The molecule has 4 nitrogen and oxygen atoms in total. The molecule has 0 spiro atoms. The predicted octanol–water partition coefficient (Wildman–Crippen LogP) is 1.85. The third-order valence-electron chi connectivity index (χ3n) is 1.37. The van der Waals surface area contributed by atoms with Gasteiger partial charge in [-0.1, -0.05) is 6.58 Å². The molecule has 4 heteroatoms. The van der Waals surface area contributed by atoms with Gasteiger partial charge in [0.05, 0.1) is 12.4 Å². The normalized spacial score (nSPS) is 13.1. The van der Waals surface area contributed by atoms with Crippen LogP contribution in [-0.2, 0) is 19.0 Å². The van der Waals surface area contributed by atoms with Crippen molar-refractivity contribution in [3.8, 4) is 0 Å². The lowest BCUT2D eigenvalue weighted by Gasteiger charge is -2.27. The number of carbonyl (C=O) groups is 1. The molecule has 0 aliphatic carbocycles. The first-order valence-electron chi connectivity index (χ1n) is 4.47. The molecule has 0 fully saturated rings. The van der Waals surface area contributed by atoms with Gasteiger partial charge in [-0.05, 0) is 6.92 Å². The molecular formula is C10H18O4. The van der Waals surface area contributed by atoms with E-state index in [9.17, 15) is 4.79 Å². The van der Waals surface area contributed by atoms with Crippen molar-refractivity contribution in [2.45, 2.75) is 39.6 Å². The van der Waals surface area contributed by atoms with Crippen LogP contribution in [0.4, 0.5) is 0 Å². The second-order valence-electron chi connectivity index (χ2n) is 3.42. The molecule has 0 saturated heterocycles.